The summed E-state index contributed by atoms with van der Waals surface area (Å²) in [5.41, 5.74) is 1.10. The van der Waals surface area contributed by atoms with Gasteiger partial charge < -0.3 is 10.0 Å². The van der Waals surface area contributed by atoms with Crippen molar-refractivity contribution in [2.24, 2.45) is 0 Å². The van der Waals surface area contributed by atoms with Crippen molar-refractivity contribution in [3.63, 3.8) is 0 Å². The molecule has 0 atom stereocenters. The molecule has 0 saturated carbocycles. The Balaban J connectivity index is 1.96. The predicted octanol–water partition coefficient (Wildman–Crippen LogP) is 1.80. The molecule has 1 N–H and O–H groups in total. The monoisotopic (exact) mass is 405 g/mol. The summed E-state index contributed by atoms with van der Waals surface area (Å²) < 4.78 is 0.862. The molecule has 114 valence electrons. The SMILES string of the molecule is O=C(O)CCN1CCN(c2ccc([N+](=O)[O-])cc2I)CC1. The molecule has 1 aliphatic rings. The number of benzene rings is 1. The van der Waals surface area contributed by atoms with Crippen molar-refractivity contribution in [1.29, 1.82) is 0 Å². The molecule has 21 heavy (non-hydrogen) atoms. The number of non-ortho nitro benzene ring substituents is 1. The Morgan fingerprint density at radius 3 is 2.52 bits per heavy atom. The van der Waals surface area contributed by atoms with Gasteiger partial charge in [0.15, 0.2) is 0 Å². The van der Waals surface area contributed by atoms with Crippen molar-refractivity contribution in [3.05, 3.63) is 31.9 Å². The lowest BCUT2D eigenvalue weighted by Crippen LogP contribution is -2.47. The van der Waals surface area contributed by atoms with E-state index in [9.17, 15) is 14.9 Å². The van der Waals surface area contributed by atoms with Crippen molar-refractivity contribution in [2.45, 2.75) is 6.42 Å². The summed E-state index contributed by atoms with van der Waals surface area (Å²) in [6.45, 7) is 3.78. The molecule has 8 heteroatoms. The number of carboxylic acid groups (broad SMARTS) is 1. The van der Waals surface area contributed by atoms with E-state index < -0.39 is 10.9 Å². The number of nitrogens with zero attached hydrogens (tertiary/aromatic N) is 3. The number of hydrogen-bond acceptors (Lipinski definition) is 5. The minimum absolute atomic E-state index is 0.100. The lowest BCUT2D eigenvalue weighted by molar-refractivity contribution is -0.384. The van der Waals surface area contributed by atoms with Crippen molar-refractivity contribution < 1.29 is 14.8 Å². The highest BCUT2D eigenvalue weighted by atomic mass is 127. The number of piperazine rings is 1. The number of hydrogen-bond donors (Lipinski definition) is 1. The first kappa shape index (κ1) is 16.0. The number of carboxylic acids is 1. The quantitative estimate of drug-likeness (QED) is 0.457. The lowest BCUT2D eigenvalue weighted by Gasteiger charge is -2.36. The standard InChI is InChI=1S/C13H16IN3O4/c14-11-9-10(17(20)21)1-2-12(11)16-7-5-15(6-8-16)4-3-13(18)19/h1-2,9H,3-8H2,(H,18,19). The van der Waals surface area contributed by atoms with Gasteiger partial charge in [-0.1, -0.05) is 0 Å². The Morgan fingerprint density at radius 1 is 1.33 bits per heavy atom. The second kappa shape index (κ2) is 7.03. The van der Waals surface area contributed by atoms with Crippen LogP contribution in [0, 0.1) is 13.7 Å². The fourth-order valence-electron chi connectivity index (χ4n) is 2.33. The van der Waals surface area contributed by atoms with Gasteiger partial charge in [-0.25, -0.2) is 0 Å². The van der Waals surface area contributed by atoms with E-state index in [1.54, 1.807) is 12.1 Å². The van der Waals surface area contributed by atoms with Crippen LogP contribution < -0.4 is 4.90 Å². The van der Waals surface area contributed by atoms with Gasteiger partial charge in [-0.2, -0.15) is 0 Å². The number of anilines is 1. The highest BCUT2D eigenvalue weighted by Gasteiger charge is 2.20. The van der Waals surface area contributed by atoms with Crippen LogP contribution in [0.2, 0.25) is 0 Å². The van der Waals surface area contributed by atoms with E-state index in [2.05, 4.69) is 32.4 Å². The molecular formula is C13H16IN3O4. The molecule has 0 aromatic heterocycles. The Hall–Kier alpha value is -1.42. The van der Waals surface area contributed by atoms with Crippen LogP contribution in [-0.4, -0.2) is 53.6 Å². The second-order valence-electron chi connectivity index (χ2n) is 4.87. The highest BCUT2D eigenvalue weighted by molar-refractivity contribution is 14.1. The summed E-state index contributed by atoms with van der Waals surface area (Å²) in [5.74, 6) is -0.776. The number of rotatable bonds is 5. The van der Waals surface area contributed by atoms with Crippen molar-refractivity contribution in [2.75, 3.05) is 37.6 Å². The molecule has 1 aromatic carbocycles. The van der Waals surface area contributed by atoms with Crippen LogP contribution in [0.1, 0.15) is 6.42 Å². The third-order valence-corrected chi connectivity index (χ3v) is 4.36. The Kier molecular flexibility index (Phi) is 5.34. The van der Waals surface area contributed by atoms with Gasteiger partial charge >= 0.3 is 5.97 Å². The van der Waals surface area contributed by atoms with Crippen LogP contribution in [0.3, 0.4) is 0 Å². The van der Waals surface area contributed by atoms with Crippen LogP contribution in [-0.2, 0) is 4.79 Å². The van der Waals surface area contributed by atoms with E-state index in [0.717, 1.165) is 35.4 Å². The zero-order valence-electron chi connectivity index (χ0n) is 11.4. The van der Waals surface area contributed by atoms with Gasteiger partial charge in [0.25, 0.3) is 5.69 Å². The van der Waals surface area contributed by atoms with E-state index >= 15 is 0 Å². The summed E-state index contributed by atoms with van der Waals surface area (Å²) in [6, 6.07) is 4.88. The number of halogens is 1. The molecule has 1 saturated heterocycles. The van der Waals surface area contributed by atoms with E-state index in [0.29, 0.717) is 6.54 Å². The molecule has 0 amide bonds. The number of nitro benzene ring substituents is 1. The second-order valence-corrected chi connectivity index (χ2v) is 6.03. The molecule has 0 bridgehead atoms. The fourth-order valence-corrected chi connectivity index (χ4v) is 3.17. The smallest absolute Gasteiger partial charge is 0.304 e. The third kappa shape index (κ3) is 4.27. The Labute approximate surface area is 135 Å². The van der Waals surface area contributed by atoms with Gasteiger partial charge in [0.1, 0.15) is 0 Å². The summed E-state index contributed by atoms with van der Waals surface area (Å²) in [5, 5.41) is 19.4. The van der Waals surface area contributed by atoms with E-state index in [4.69, 9.17) is 5.11 Å². The zero-order valence-corrected chi connectivity index (χ0v) is 13.5. The zero-order chi connectivity index (χ0) is 15.4. The van der Waals surface area contributed by atoms with Gasteiger partial charge in [-0.05, 0) is 28.7 Å². The third-order valence-electron chi connectivity index (χ3n) is 3.50. The molecule has 0 spiro atoms. The maximum atomic E-state index is 10.7. The number of aliphatic carboxylic acids is 1. The van der Waals surface area contributed by atoms with Gasteiger partial charge in [0.05, 0.1) is 17.0 Å². The first-order chi connectivity index (χ1) is 9.97. The van der Waals surface area contributed by atoms with Crippen LogP contribution in [0.25, 0.3) is 0 Å². The maximum absolute atomic E-state index is 10.7. The molecular weight excluding hydrogens is 389 g/mol. The normalized spacial score (nSPS) is 16.0. The molecule has 0 unspecified atom stereocenters. The van der Waals surface area contributed by atoms with Crippen molar-refractivity contribution >= 4 is 39.9 Å². The molecule has 0 aliphatic carbocycles. The lowest BCUT2D eigenvalue weighted by atomic mass is 10.2. The summed E-state index contributed by atoms with van der Waals surface area (Å²) >= 11 is 2.11. The molecule has 2 rings (SSSR count). The average molecular weight is 405 g/mol. The first-order valence-electron chi connectivity index (χ1n) is 6.60. The molecule has 0 radical (unpaired) electrons. The molecule has 1 fully saturated rings. The van der Waals surface area contributed by atoms with E-state index in [1.165, 1.54) is 6.07 Å². The summed E-state index contributed by atoms with van der Waals surface area (Å²) in [6.07, 6.45) is 0.162. The van der Waals surface area contributed by atoms with Crippen LogP contribution in [0.4, 0.5) is 11.4 Å². The van der Waals surface area contributed by atoms with Gasteiger partial charge in [0, 0.05) is 48.4 Å². The summed E-state index contributed by atoms with van der Waals surface area (Å²) in [7, 11) is 0. The number of nitro groups is 1. The van der Waals surface area contributed by atoms with E-state index in [1.807, 2.05) is 0 Å². The molecule has 1 heterocycles. The predicted molar refractivity (Wildman–Crippen MR) is 86.7 cm³/mol. The minimum atomic E-state index is -0.776. The largest absolute Gasteiger partial charge is 0.481 e. The maximum Gasteiger partial charge on any atom is 0.304 e. The van der Waals surface area contributed by atoms with Gasteiger partial charge in [-0.15, -0.1) is 0 Å². The number of carbonyl (C=O) groups is 1. The Morgan fingerprint density at radius 2 is 2.00 bits per heavy atom. The van der Waals surface area contributed by atoms with Crippen LogP contribution in [0.15, 0.2) is 18.2 Å². The van der Waals surface area contributed by atoms with Crippen LogP contribution in [0.5, 0.6) is 0 Å². The van der Waals surface area contributed by atoms with E-state index in [-0.39, 0.29) is 12.1 Å². The first-order valence-corrected chi connectivity index (χ1v) is 7.68. The topological polar surface area (TPSA) is 86.9 Å². The minimum Gasteiger partial charge on any atom is -0.481 e. The fraction of sp³-hybridized carbons (Fsp3) is 0.462. The average Bonchev–Trinajstić information content (AvgIpc) is 2.45. The van der Waals surface area contributed by atoms with Crippen molar-refractivity contribution in [3.8, 4) is 0 Å². The van der Waals surface area contributed by atoms with Gasteiger partial charge in [0.2, 0.25) is 0 Å². The van der Waals surface area contributed by atoms with Crippen molar-refractivity contribution in [1.82, 2.24) is 4.90 Å². The molecule has 1 aromatic rings. The summed E-state index contributed by atoms with van der Waals surface area (Å²) in [4.78, 5) is 25.2. The molecule has 7 nitrogen and oxygen atoms in total. The van der Waals surface area contributed by atoms with Crippen LogP contribution >= 0.6 is 22.6 Å². The van der Waals surface area contributed by atoms with Gasteiger partial charge in [-0.3, -0.25) is 19.8 Å². The highest BCUT2D eigenvalue weighted by Crippen LogP contribution is 2.27. The molecule has 1 aliphatic heterocycles. The Bertz CT molecular complexity index is 544.